The summed E-state index contributed by atoms with van der Waals surface area (Å²) in [4.78, 5) is 11.8. The SMILES string of the molecule is Cc1ccc(NC(=O)COc2ccc(Cl)c(C)c2)cc1. The van der Waals surface area contributed by atoms with Crippen LogP contribution in [0.25, 0.3) is 0 Å². The first-order valence-electron chi connectivity index (χ1n) is 6.30. The van der Waals surface area contributed by atoms with Gasteiger partial charge in [-0.15, -0.1) is 0 Å². The second kappa shape index (κ2) is 6.44. The fourth-order valence-corrected chi connectivity index (χ4v) is 1.81. The molecule has 3 nitrogen and oxygen atoms in total. The van der Waals surface area contributed by atoms with Gasteiger partial charge < -0.3 is 10.1 Å². The average Bonchev–Trinajstić information content (AvgIpc) is 2.43. The zero-order chi connectivity index (χ0) is 14.5. The summed E-state index contributed by atoms with van der Waals surface area (Å²) in [6, 6.07) is 12.9. The Kier molecular flexibility index (Phi) is 4.64. The molecule has 0 saturated heterocycles. The monoisotopic (exact) mass is 289 g/mol. The summed E-state index contributed by atoms with van der Waals surface area (Å²) in [5.41, 5.74) is 2.83. The number of benzene rings is 2. The van der Waals surface area contributed by atoms with Crippen molar-refractivity contribution in [2.75, 3.05) is 11.9 Å². The van der Waals surface area contributed by atoms with E-state index >= 15 is 0 Å². The maximum absolute atomic E-state index is 11.8. The van der Waals surface area contributed by atoms with Crippen molar-refractivity contribution in [3.8, 4) is 5.75 Å². The third-order valence-corrected chi connectivity index (χ3v) is 3.26. The van der Waals surface area contributed by atoms with Crippen molar-refractivity contribution in [2.45, 2.75) is 13.8 Å². The molecule has 0 unspecified atom stereocenters. The van der Waals surface area contributed by atoms with Crippen molar-refractivity contribution in [3.63, 3.8) is 0 Å². The number of hydrogen-bond acceptors (Lipinski definition) is 2. The highest BCUT2D eigenvalue weighted by atomic mass is 35.5. The van der Waals surface area contributed by atoms with Crippen LogP contribution in [0.3, 0.4) is 0 Å². The molecule has 2 aromatic carbocycles. The summed E-state index contributed by atoms with van der Waals surface area (Å²) >= 11 is 5.93. The molecule has 0 aliphatic carbocycles. The maximum atomic E-state index is 11.8. The number of carbonyl (C=O) groups excluding carboxylic acids is 1. The van der Waals surface area contributed by atoms with E-state index in [9.17, 15) is 4.79 Å². The van der Waals surface area contributed by atoms with Crippen LogP contribution in [-0.4, -0.2) is 12.5 Å². The summed E-state index contributed by atoms with van der Waals surface area (Å²) in [6.07, 6.45) is 0. The predicted octanol–water partition coefficient (Wildman–Crippen LogP) is 3.97. The predicted molar refractivity (Wildman–Crippen MR) is 81.5 cm³/mol. The van der Waals surface area contributed by atoms with Crippen molar-refractivity contribution >= 4 is 23.2 Å². The molecular formula is C16H16ClNO2. The Morgan fingerprint density at radius 2 is 1.85 bits per heavy atom. The number of ether oxygens (including phenoxy) is 1. The van der Waals surface area contributed by atoms with Gasteiger partial charge in [0.05, 0.1) is 0 Å². The van der Waals surface area contributed by atoms with Gasteiger partial charge in [-0.05, 0) is 49.7 Å². The highest BCUT2D eigenvalue weighted by Crippen LogP contribution is 2.21. The van der Waals surface area contributed by atoms with Crippen molar-refractivity contribution < 1.29 is 9.53 Å². The van der Waals surface area contributed by atoms with Crippen LogP contribution in [0.15, 0.2) is 42.5 Å². The first-order chi connectivity index (χ1) is 9.54. The van der Waals surface area contributed by atoms with E-state index in [2.05, 4.69) is 5.32 Å². The molecule has 0 saturated carbocycles. The Morgan fingerprint density at radius 1 is 1.15 bits per heavy atom. The molecule has 0 radical (unpaired) electrons. The van der Waals surface area contributed by atoms with Gasteiger partial charge >= 0.3 is 0 Å². The largest absolute Gasteiger partial charge is 0.484 e. The van der Waals surface area contributed by atoms with Crippen molar-refractivity contribution in [2.24, 2.45) is 0 Å². The molecule has 0 fully saturated rings. The smallest absolute Gasteiger partial charge is 0.262 e. The van der Waals surface area contributed by atoms with E-state index in [1.165, 1.54) is 0 Å². The number of carbonyl (C=O) groups is 1. The number of nitrogens with one attached hydrogen (secondary N) is 1. The fourth-order valence-electron chi connectivity index (χ4n) is 1.69. The summed E-state index contributed by atoms with van der Waals surface area (Å²) in [7, 11) is 0. The minimum Gasteiger partial charge on any atom is -0.484 e. The van der Waals surface area contributed by atoms with Crippen LogP contribution < -0.4 is 10.1 Å². The van der Waals surface area contributed by atoms with Crippen LogP contribution >= 0.6 is 11.6 Å². The first-order valence-corrected chi connectivity index (χ1v) is 6.68. The van der Waals surface area contributed by atoms with Crippen molar-refractivity contribution in [1.29, 1.82) is 0 Å². The molecular weight excluding hydrogens is 274 g/mol. The number of amides is 1. The van der Waals surface area contributed by atoms with Crippen LogP contribution in [0.1, 0.15) is 11.1 Å². The Bertz CT molecular complexity index is 608. The number of halogens is 1. The number of aryl methyl sites for hydroxylation is 2. The zero-order valence-electron chi connectivity index (χ0n) is 11.4. The number of hydrogen-bond donors (Lipinski definition) is 1. The molecule has 104 valence electrons. The van der Waals surface area contributed by atoms with Gasteiger partial charge in [-0.3, -0.25) is 4.79 Å². The highest BCUT2D eigenvalue weighted by Gasteiger charge is 2.04. The molecule has 0 aliphatic heterocycles. The molecule has 0 heterocycles. The second-order valence-corrected chi connectivity index (χ2v) is 5.02. The van der Waals surface area contributed by atoms with E-state index in [0.29, 0.717) is 10.8 Å². The van der Waals surface area contributed by atoms with Gasteiger partial charge in [0.15, 0.2) is 6.61 Å². The van der Waals surface area contributed by atoms with E-state index in [-0.39, 0.29) is 12.5 Å². The lowest BCUT2D eigenvalue weighted by Crippen LogP contribution is -2.20. The molecule has 1 amide bonds. The fraction of sp³-hybridized carbons (Fsp3) is 0.188. The summed E-state index contributed by atoms with van der Waals surface area (Å²) in [6.45, 7) is 3.86. The molecule has 0 atom stereocenters. The first kappa shape index (κ1) is 14.4. The third-order valence-electron chi connectivity index (χ3n) is 2.83. The minimum atomic E-state index is -0.193. The average molecular weight is 290 g/mol. The molecule has 20 heavy (non-hydrogen) atoms. The Labute approximate surface area is 123 Å². The quantitative estimate of drug-likeness (QED) is 0.925. The van der Waals surface area contributed by atoms with Crippen LogP contribution in [0.5, 0.6) is 5.75 Å². The van der Waals surface area contributed by atoms with Crippen LogP contribution in [0, 0.1) is 13.8 Å². The van der Waals surface area contributed by atoms with Crippen LogP contribution in [-0.2, 0) is 4.79 Å². The molecule has 0 spiro atoms. The van der Waals surface area contributed by atoms with Gasteiger partial charge in [0.1, 0.15) is 5.75 Å². The van der Waals surface area contributed by atoms with E-state index in [1.807, 2.05) is 44.2 Å². The van der Waals surface area contributed by atoms with Crippen molar-refractivity contribution in [1.82, 2.24) is 0 Å². The van der Waals surface area contributed by atoms with Gasteiger partial charge in [-0.1, -0.05) is 29.3 Å². The Balaban J connectivity index is 1.88. The van der Waals surface area contributed by atoms with E-state index in [1.54, 1.807) is 12.1 Å². The normalized spacial score (nSPS) is 10.2. The van der Waals surface area contributed by atoms with Crippen LogP contribution in [0.2, 0.25) is 5.02 Å². The molecule has 4 heteroatoms. The van der Waals surface area contributed by atoms with Gasteiger partial charge in [0, 0.05) is 10.7 Å². The van der Waals surface area contributed by atoms with Gasteiger partial charge in [0.25, 0.3) is 5.91 Å². The maximum Gasteiger partial charge on any atom is 0.262 e. The lowest BCUT2D eigenvalue weighted by molar-refractivity contribution is -0.118. The summed E-state index contributed by atoms with van der Waals surface area (Å²) in [5.74, 6) is 0.437. The molecule has 0 aliphatic rings. The van der Waals surface area contributed by atoms with Gasteiger partial charge in [-0.25, -0.2) is 0 Å². The molecule has 2 rings (SSSR count). The lowest BCUT2D eigenvalue weighted by atomic mass is 10.2. The summed E-state index contributed by atoms with van der Waals surface area (Å²) < 4.78 is 5.43. The lowest BCUT2D eigenvalue weighted by Gasteiger charge is -2.08. The number of rotatable bonds is 4. The van der Waals surface area contributed by atoms with Crippen LogP contribution in [0.4, 0.5) is 5.69 Å². The topological polar surface area (TPSA) is 38.3 Å². The number of anilines is 1. The van der Waals surface area contributed by atoms with E-state index in [0.717, 1.165) is 16.8 Å². The second-order valence-electron chi connectivity index (χ2n) is 4.61. The summed E-state index contributed by atoms with van der Waals surface area (Å²) in [5, 5.41) is 3.46. The minimum absolute atomic E-state index is 0.0328. The van der Waals surface area contributed by atoms with Gasteiger partial charge in [-0.2, -0.15) is 0 Å². The Morgan fingerprint density at radius 3 is 2.50 bits per heavy atom. The van der Waals surface area contributed by atoms with Gasteiger partial charge in [0.2, 0.25) is 0 Å². The standard InChI is InChI=1S/C16H16ClNO2/c1-11-3-5-13(6-4-11)18-16(19)10-20-14-7-8-15(17)12(2)9-14/h3-9H,10H2,1-2H3,(H,18,19). The molecule has 2 aromatic rings. The Hall–Kier alpha value is -2.00. The zero-order valence-corrected chi connectivity index (χ0v) is 12.2. The van der Waals surface area contributed by atoms with E-state index in [4.69, 9.17) is 16.3 Å². The molecule has 0 aromatic heterocycles. The third kappa shape index (κ3) is 4.00. The van der Waals surface area contributed by atoms with E-state index < -0.39 is 0 Å². The molecule has 1 N–H and O–H groups in total. The van der Waals surface area contributed by atoms with Crippen molar-refractivity contribution in [3.05, 3.63) is 58.6 Å². The highest BCUT2D eigenvalue weighted by molar-refractivity contribution is 6.31. The molecule has 0 bridgehead atoms.